The molecule has 2 N–H and O–H groups in total. The third-order valence-corrected chi connectivity index (χ3v) is 4.26. The van der Waals surface area contributed by atoms with Crippen LogP contribution in [0.15, 0.2) is 30.3 Å². The lowest BCUT2D eigenvalue weighted by molar-refractivity contribution is -0.134. The molecule has 0 spiro atoms. The summed E-state index contributed by atoms with van der Waals surface area (Å²) in [4.78, 5) is 14.5. The van der Waals surface area contributed by atoms with Crippen molar-refractivity contribution in [2.45, 2.75) is 45.2 Å². The van der Waals surface area contributed by atoms with Gasteiger partial charge in [-0.25, -0.2) is 0 Å². The van der Waals surface area contributed by atoms with Crippen LogP contribution in [0.1, 0.15) is 44.7 Å². The number of nitrogens with two attached hydrogens (primary N) is 1. The molecule has 1 aliphatic heterocycles. The molecule has 104 valence electrons. The Balaban J connectivity index is 2.13. The maximum Gasteiger partial charge on any atom is 0.240 e. The van der Waals surface area contributed by atoms with Gasteiger partial charge >= 0.3 is 0 Å². The second-order valence-corrected chi connectivity index (χ2v) is 5.51. The monoisotopic (exact) mass is 260 g/mol. The Morgan fingerprint density at radius 1 is 1.42 bits per heavy atom. The lowest BCUT2D eigenvalue weighted by atomic mass is 9.97. The largest absolute Gasteiger partial charge is 0.334 e. The molecule has 19 heavy (non-hydrogen) atoms. The minimum atomic E-state index is -0.366. The highest BCUT2D eigenvalue weighted by Crippen LogP contribution is 2.32. The van der Waals surface area contributed by atoms with Crippen molar-refractivity contribution in [3.8, 4) is 0 Å². The van der Waals surface area contributed by atoms with Crippen molar-refractivity contribution >= 4 is 5.91 Å². The van der Waals surface area contributed by atoms with E-state index in [1.54, 1.807) is 0 Å². The van der Waals surface area contributed by atoms with Crippen LogP contribution in [0.2, 0.25) is 0 Å². The minimum Gasteiger partial charge on any atom is -0.334 e. The summed E-state index contributed by atoms with van der Waals surface area (Å²) in [5.74, 6) is 0.352. The summed E-state index contributed by atoms with van der Waals surface area (Å²) in [5, 5.41) is 0. The van der Waals surface area contributed by atoms with Crippen LogP contribution >= 0.6 is 0 Å². The number of carbonyl (C=O) groups is 1. The van der Waals surface area contributed by atoms with Crippen LogP contribution in [0.3, 0.4) is 0 Å². The van der Waals surface area contributed by atoms with Gasteiger partial charge in [0.2, 0.25) is 5.91 Å². The van der Waals surface area contributed by atoms with E-state index in [4.69, 9.17) is 5.73 Å². The molecule has 0 aliphatic carbocycles. The van der Waals surface area contributed by atoms with Crippen LogP contribution in [-0.2, 0) is 4.79 Å². The molecular weight excluding hydrogens is 236 g/mol. The highest BCUT2D eigenvalue weighted by atomic mass is 16.2. The molecular formula is C16H24N2O. The highest BCUT2D eigenvalue weighted by Gasteiger charge is 2.33. The summed E-state index contributed by atoms with van der Waals surface area (Å²) >= 11 is 0. The van der Waals surface area contributed by atoms with Crippen LogP contribution in [0, 0.1) is 5.92 Å². The third kappa shape index (κ3) is 2.98. The Hall–Kier alpha value is -1.35. The van der Waals surface area contributed by atoms with Crippen LogP contribution in [0.5, 0.6) is 0 Å². The van der Waals surface area contributed by atoms with Gasteiger partial charge in [0.05, 0.1) is 12.1 Å². The van der Waals surface area contributed by atoms with E-state index in [1.165, 1.54) is 5.56 Å². The van der Waals surface area contributed by atoms with E-state index in [0.717, 1.165) is 25.8 Å². The van der Waals surface area contributed by atoms with E-state index in [1.807, 2.05) is 23.1 Å². The summed E-state index contributed by atoms with van der Waals surface area (Å²) in [5.41, 5.74) is 7.33. The Kier molecular flexibility index (Phi) is 4.59. The van der Waals surface area contributed by atoms with Crippen LogP contribution in [-0.4, -0.2) is 23.4 Å². The molecule has 1 aliphatic rings. The van der Waals surface area contributed by atoms with Gasteiger partial charge in [-0.15, -0.1) is 0 Å². The number of likely N-dealkylation sites (tertiary alicyclic amines) is 1. The Labute approximate surface area is 115 Å². The van der Waals surface area contributed by atoms with Gasteiger partial charge in [-0.3, -0.25) is 4.79 Å². The molecule has 1 amide bonds. The second kappa shape index (κ2) is 6.20. The highest BCUT2D eigenvalue weighted by molar-refractivity contribution is 5.82. The third-order valence-electron chi connectivity index (χ3n) is 4.26. The van der Waals surface area contributed by atoms with Crippen molar-refractivity contribution < 1.29 is 4.79 Å². The predicted octanol–water partition coefficient (Wildman–Crippen LogP) is 2.72. The Morgan fingerprint density at radius 3 is 2.74 bits per heavy atom. The van der Waals surface area contributed by atoms with Gasteiger partial charge in [-0.2, -0.15) is 0 Å². The number of hydrogen-bond donors (Lipinski definition) is 1. The first-order chi connectivity index (χ1) is 9.15. The molecule has 1 fully saturated rings. The fourth-order valence-corrected chi connectivity index (χ4v) is 2.74. The molecule has 3 nitrogen and oxygen atoms in total. The summed E-state index contributed by atoms with van der Waals surface area (Å²) in [6, 6.07) is 10.1. The van der Waals surface area contributed by atoms with E-state index >= 15 is 0 Å². The average molecular weight is 260 g/mol. The molecule has 3 heteroatoms. The molecule has 1 aromatic rings. The van der Waals surface area contributed by atoms with Gasteiger partial charge in [0.25, 0.3) is 0 Å². The van der Waals surface area contributed by atoms with Crippen LogP contribution < -0.4 is 5.73 Å². The molecule has 1 heterocycles. The smallest absolute Gasteiger partial charge is 0.240 e. The number of benzene rings is 1. The first-order valence-electron chi connectivity index (χ1n) is 7.26. The first-order valence-corrected chi connectivity index (χ1v) is 7.26. The Bertz CT molecular complexity index is 418. The van der Waals surface area contributed by atoms with Crippen molar-refractivity contribution in [2.24, 2.45) is 11.7 Å². The number of hydrogen-bond acceptors (Lipinski definition) is 2. The van der Waals surface area contributed by atoms with Crippen molar-refractivity contribution in [1.29, 1.82) is 0 Å². The fraction of sp³-hybridized carbons (Fsp3) is 0.562. The number of carbonyl (C=O) groups excluding carboxylic acids is 1. The fourth-order valence-electron chi connectivity index (χ4n) is 2.74. The van der Waals surface area contributed by atoms with E-state index in [2.05, 4.69) is 26.0 Å². The molecule has 2 rings (SSSR count). The van der Waals surface area contributed by atoms with Gasteiger partial charge in [-0.1, -0.05) is 50.6 Å². The zero-order valence-electron chi connectivity index (χ0n) is 11.9. The van der Waals surface area contributed by atoms with E-state index < -0.39 is 0 Å². The zero-order chi connectivity index (χ0) is 13.8. The summed E-state index contributed by atoms with van der Waals surface area (Å²) < 4.78 is 0. The maximum atomic E-state index is 12.5. The van der Waals surface area contributed by atoms with Gasteiger partial charge in [-0.05, 0) is 24.3 Å². The molecule has 0 aromatic heterocycles. The molecule has 0 radical (unpaired) electrons. The van der Waals surface area contributed by atoms with E-state index in [-0.39, 0.29) is 23.9 Å². The van der Waals surface area contributed by atoms with Crippen LogP contribution in [0.4, 0.5) is 0 Å². The molecule has 0 saturated carbocycles. The maximum absolute atomic E-state index is 12.5. The average Bonchev–Trinajstić information content (AvgIpc) is 2.95. The number of rotatable bonds is 4. The topological polar surface area (TPSA) is 46.3 Å². The summed E-state index contributed by atoms with van der Waals surface area (Å²) in [6.45, 7) is 4.97. The molecule has 1 aromatic carbocycles. The van der Waals surface area contributed by atoms with Crippen molar-refractivity contribution in [2.75, 3.05) is 6.54 Å². The minimum absolute atomic E-state index is 0.112. The Morgan fingerprint density at radius 2 is 2.11 bits per heavy atom. The second-order valence-electron chi connectivity index (χ2n) is 5.51. The normalized spacial score (nSPS) is 22.3. The zero-order valence-corrected chi connectivity index (χ0v) is 11.9. The molecule has 0 bridgehead atoms. The first kappa shape index (κ1) is 14.1. The standard InChI is InChI=1S/C16H24N2O/c1-3-12(2)15(17)16(19)18-11-7-10-14(18)13-8-5-4-6-9-13/h4-6,8-9,12,14-15H,3,7,10-11,17H2,1-2H3/t12?,14?,15-/m0/s1. The summed E-state index contributed by atoms with van der Waals surface area (Å²) in [7, 11) is 0. The molecule has 3 atom stereocenters. The van der Waals surface area contributed by atoms with Gasteiger partial charge in [0.15, 0.2) is 0 Å². The van der Waals surface area contributed by atoms with Crippen molar-refractivity contribution in [3.63, 3.8) is 0 Å². The lowest BCUT2D eigenvalue weighted by Crippen LogP contribution is -2.46. The summed E-state index contributed by atoms with van der Waals surface area (Å²) in [6.07, 6.45) is 3.05. The van der Waals surface area contributed by atoms with Gasteiger partial charge in [0.1, 0.15) is 0 Å². The predicted molar refractivity (Wildman–Crippen MR) is 77.6 cm³/mol. The SMILES string of the molecule is CCC(C)[C@H](N)C(=O)N1CCCC1c1ccccc1. The van der Waals surface area contributed by atoms with Gasteiger partial charge < -0.3 is 10.6 Å². The lowest BCUT2D eigenvalue weighted by Gasteiger charge is -2.29. The van der Waals surface area contributed by atoms with Crippen molar-refractivity contribution in [1.82, 2.24) is 4.90 Å². The quantitative estimate of drug-likeness (QED) is 0.904. The van der Waals surface area contributed by atoms with Gasteiger partial charge in [0, 0.05) is 6.54 Å². The van der Waals surface area contributed by atoms with Crippen molar-refractivity contribution in [3.05, 3.63) is 35.9 Å². The number of nitrogens with zero attached hydrogens (tertiary/aromatic N) is 1. The molecule has 2 unspecified atom stereocenters. The van der Waals surface area contributed by atoms with E-state index in [0.29, 0.717) is 0 Å². The van der Waals surface area contributed by atoms with Crippen LogP contribution in [0.25, 0.3) is 0 Å². The van der Waals surface area contributed by atoms with E-state index in [9.17, 15) is 4.79 Å². The number of amides is 1. The molecule has 1 saturated heterocycles.